The summed E-state index contributed by atoms with van der Waals surface area (Å²) in [5.74, 6) is 0. The van der Waals surface area contributed by atoms with Gasteiger partial charge in [0.25, 0.3) is 5.56 Å². The molecule has 0 N–H and O–H groups in total. The lowest BCUT2D eigenvalue weighted by atomic mass is 10.1. The number of hydrogen-bond acceptors (Lipinski definition) is 3. The van der Waals surface area contributed by atoms with Gasteiger partial charge in [-0.15, -0.1) is 0 Å². The molecule has 19 heavy (non-hydrogen) atoms. The fourth-order valence-electron chi connectivity index (χ4n) is 2.86. The quantitative estimate of drug-likeness (QED) is 0.587. The number of halogens is 2. The summed E-state index contributed by atoms with van der Waals surface area (Å²) in [5.41, 5.74) is 1.51. The Balaban J connectivity index is 2.39. The second-order valence-corrected chi connectivity index (χ2v) is 6.05. The number of nitrogens with zero attached hydrogens (tertiary/aromatic N) is 3. The fourth-order valence-corrected chi connectivity index (χ4v) is 3.78. The number of fused-ring (bicyclic) bond motifs is 1. The standard InChI is InChI=1S/C13H13BrClN3O/c1-7-6-9(19)18(8-4-2-3-5-8)12-10(7)11(14)16-13(15)17-12/h6,8H,2-5H2,1H3. The molecule has 3 rings (SSSR count). The molecule has 2 heterocycles. The highest BCUT2D eigenvalue weighted by Crippen LogP contribution is 2.32. The van der Waals surface area contributed by atoms with Crippen molar-refractivity contribution in [3.8, 4) is 0 Å². The van der Waals surface area contributed by atoms with E-state index in [1.165, 1.54) is 0 Å². The van der Waals surface area contributed by atoms with Gasteiger partial charge in [-0.05, 0) is 52.9 Å². The van der Waals surface area contributed by atoms with Crippen LogP contribution in [0.15, 0.2) is 15.5 Å². The Bertz CT molecular complexity index is 707. The van der Waals surface area contributed by atoms with Gasteiger partial charge in [-0.25, -0.2) is 4.98 Å². The summed E-state index contributed by atoms with van der Waals surface area (Å²) in [7, 11) is 0. The molecule has 1 aliphatic carbocycles. The van der Waals surface area contributed by atoms with Crippen LogP contribution >= 0.6 is 27.5 Å². The first-order valence-electron chi connectivity index (χ1n) is 6.33. The van der Waals surface area contributed by atoms with Crippen LogP contribution in [0.1, 0.15) is 37.3 Å². The minimum absolute atomic E-state index is 0.00133. The zero-order valence-corrected chi connectivity index (χ0v) is 12.8. The molecule has 0 atom stereocenters. The van der Waals surface area contributed by atoms with E-state index in [-0.39, 0.29) is 16.9 Å². The Labute approximate surface area is 123 Å². The number of hydrogen-bond donors (Lipinski definition) is 0. The zero-order valence-electron chi connectivity index (χ0n) is 10.5. The molecule has 2 aromatic heterocycles. The molecule has 0 amide bonds. The van der Waals surface area contributed by atoms with Gasteiger partial charge in [-0.3, -0.25) is 9.36 Å². The van der Waals surface area contributed by atoms with Crippen LogP contribution in [0, 0.1) is 6.92 Å². The van der Waals surface area contributed by atoms with E-state index in [4.69, 9.17) is 11.6 Å². The van der Waals surface area contributed by atoms with Crippen LogP contribution < -0.4 is 5.56 Å². The zero-order chi connectivity index (χ0) is 13.6. The molecule has 2 aromatic rings. The maximum Gasteiger partial charge on any atom is 0.252 e. The molecule has 1 aliphatic rings. The largest absolute Gasteiger partial charge is 0.289 e. The third kappa shape index (κ3) is 2.19. The number of aryl methyl sites for hydroxylation is 1. The molecule has 0 spiro atoms. The summed E-state index contributed by atoms with van der Waals surface area (Å²) in [6.07, 6.45) is 4.37. The molecule has 0 aliphatic heterocycles. The van der Waals surface area contributed by atoms with E-state index in [1.54, 1.807) is 10.6 Å². The third-order valence-corrected chi connectivity index (χ3v) is 4.45. The molecule has 4 nitrogen and oxygen atoms in total. The summed E-state index contributed by atoms with van der Waals surface area (Å²) in [6.45, 7) is 1.89. The summed E-state index contributed by atoms with van der Waals surface area (Å²) in [4.78, 5) is 20.7. The first kappa shape index (κ1) is 13.1. The van der Waals surface area contributed by atoms with Crippen LogP contribution in [-0.2, 0) is 0 Å². The van der Waals surface area contributed by atoms with Crippen molar-refractivity contribution in [2.45, 2.75) is 38.6 Å². The smallest absolute Gasteiger partial charge is 0.252 e. The van der Waals surface area contributed by atoms with E-state index in [2.05, 4.69) is 25.9 Å². The summed E-state index contributed by atoms with van der Waals surface area (Å²) >= 11 is 9.35. The Morgan fingerprint density at radius 1 is 1.37 bits per heavy atom. The predicted molar refractivity (Wildman–Crippen MR) is 78.8 cm³/mol. The lowest BCUT2D eigenvalue weighted by Crippen LogP contribution is -2.24. The second-order valence-electron chi connectivity index (χ2n) is 4.96. The average molecular weight is 343 g/mol. The maximum atomic E-state index is 12.3. The van der Waals surface area contributed by atoms with Gasteiger partial charge in [-0.1, -0.05) is 12.8 Å². The van der Waals surface area contributed by atoms with Crippen molar-refractivity contribution in [1.29, 1.82) is 0 Å². The minimum Gasteiger partial charge on any atom is -0.289 e. The van der Waals surface area contributed by atoms with Crippen molar-refractivity contribution < 1.29 is 0 Å². The van der Waals surface area contributed by atoms with Gasteiger partial charge in [0.1, 0.15) is 10.3 Å². The van der Waals surface area contributed by atoms with E-state index in [1.807, 2.05) is 6.92 Å². The molecule has 0 saturated heterocycles. The fraction of sp³-hybridized carbons (Fsp3) is 0.462. The maximum absolute atomic E-state index is 12.3. The Morgan fingerprint density at radius 2 is 2.05 bits per heavy atom. The average Bonchev–Trinajstić information content (AvgIpc) is 2.80. The van der Waals surface area contributed by atoms with Crippen LogP contribution in [-0.4, -0.2) is 14.5 Å². The van der Waals surface area contributed by atoms with Crippen LogP contribution in [0.25, 0.3) is 11.0 Å². The van der Waals surface area contributed by atoms with Crippen LogP contribution in [0.5, 0.6) is 0 Å². The van der Waals surface area contributed by atoms with Crippen molar-refractivity contribution in [1.82, 2.24) is 14.5 Å². The molecular formula is C13H13BrClN3O. The Kier molecular flexibility index (Phi) is 3.35. The molecule has 0 unspecified atom stereocenters. The minimum atomic E-state index is -0.00133. The van der Waals surface area contributed by atoms with Crippen molar-refractivity contribution >= 4 is 38.6 Å². The third-order valence-electron chi connectivity index (χ3n) is 3.71. The Morgan fingerprint density at radius 3 is 2.74 bits per heavy atom. The number of aromatic nitrogens is 3. The first-order valence-corrected chi connectivity index (χ1v) is 7.50. The molecule has 0 bridgehead atoms. The molecule has 100 valence electrons. The van der Waals surface area contributed by atoms with E-state index in [9.17, 15) is 4.79 Å². The molecule has 1 fully saturated rings. The lowest BCUT2D eigenvalue weighted by molar-refractivity contribution is 0.515. The van der Waals surface area contributed by atoms with Gasteiger partial charge in [-0.2, -0.15) is 4.98 Å². The molecule has 0 radical (unpaired) electrons. The molecular weight excluding hydrogens is 330 g/mol. The summed E-state index contributed by atoms with van der Waals surface area (Å²) < 4.78 is 2.43. The molecule has 1 saturated carbocycles. The highest BCUT2D eigenvalue weighted by Gasteiger charge is 2.22. The van der Waals surface area contributed by atoms with Gasteiger partial charge in [0.05, 0.1) is 5.39 Å². The van der Waals surface area contributed by atoms with Gasteiger partial charge >= 0.3 is 0 Å². The monoisotopic (exact) mass is 341 g/mol. The molecule has 6 heteroatoms. The van der Waals surface area contributed by atoms with E-state index in [0.717, 1.165) is 36.6 Å². The number of pyridine rings is 1. The SMILES string of the molecule is Cc1cc(=O)n(C2CCCC2)c2nc(Cl)nc(Br)c12. The van der Waals surface area contributed by atoms with Gasteiger partial charge in [0.15, 0.2) is 0 Å². The summed E-state index contributed by atoms with van der Waals surface area (Å²) in [5, 5.41) is 1.03. The van der Waals surface area contributed by atoms with E-state index >= 15 is 0 Å². The number of rotatable bonds is 1. The highest BCUT2D eigenvalue weighted by atomic mass is 79.9. The predicted octanol–water partition coefficient (Wildman–Crippen LogP) is 3.63. The van der Waals surface area contributed by atoms with Crippen molar-refractivity contribution in [2.75, 3.05) is 0 Å². The lowest BCUT2D eigenvalue weighted by Gasteiger charge is -2.17. The normalized spacial score (nSPS) is 16.4. The van der Waals surface area contributed by atoms with Crippen LogP contribution in [0.4, 0.5) is 0 Å². The Hall–Kier alpha value is -0.940. The highest BCUT2D eigenvalue weighted by molar-refractivity contribution is 9.10. The van der Waals surface area contributed by atoms with Crippen molar-refractivity contribution in [3.05, 3.63) is 31.9 Å². The van der Waals surface area contributed by atoms with Crippen LogP contribution in [0.2, 0.25) is 5.28 Å². The van der Waals surface area contributed by atoms with Crippen LogP contribution in [0.3, 0.4) is 0 Å². The summed E-state index contributed by atoms with van der Waals surface area (Å²) in [6, 6.07) is 1.89. The molecule has 0 aromatic carbocycles. The first-order chi connectivity index (χ1) is 9.08. The van der Waals surface area contributed by atoms with Gasteiger partial charge in [0, 0.05) is 12.1 Å². The van der Waals surface area contributed by atoms with Gasteiger partial charge in [0.2, 0.25) is 5.28 Å². The van der Waals surface area contributed by atoms with E-state index < -0.39 is 0 Å². The van der Waals surface area contributed by atoms with Crippen molar-refractivity contribution in [2.24, 2.45) is 0 Å². The topological polar surface area (TPSA) is 47.8 Å². The van der Waals surface area contributed by atoms with Gasteiger partial charge < -0.3 is 0 Å². The van der Waals surface area contributed by atoms with E-state index in [0.29, 0.717) is 10.3 Å². The van der Waals surface area contributed by atoms with Crippen molar-refractivity contribution in [3.63, 3.8) is 0 Å². The second kappa shape index (κ2) is 4.87.